The van der Waals surface area contributed by atoms with Gasteiger partial charge in [0, 0.05) is 24.7 Å². The van der Waals surface area contributed by atoms with Crippen molar-refractivity contribution >= 4 is 0 Å². The zero-order valence-electron chi connectivity index (χ0n) is 14.2. The van der Waals surface area contributed by atoms with Gasteiger partial charge in [-0.1, -0.05) is 38.1 Å². The van der Waals surface area contributed by atoms with Gasteiger partial charge < -0.3 is 5.32 Å². The zero-order valence-corrected chi connectivity index (χ0v) is 14.2. The third-order valence-corrected chi connectivity index (χ3v) is 5.97. The molecule has 2 heteroatoms. The first-order valence-corrected chi connectivity index (χ1v) is 8.48. The van der Waals surface area contributed by atoms with Crippen LogP contribution in [0.1, 0.15) is 57.7 Å². The average Bonchev–Trinajstić information content (AvgIpc) is 3.01. The summed E-state index contributed by atoms with van der Waals surface area (Å²) in [5, 5.41) is 3.57. The SMILES string of the molecule is CC(C)c1ccc(C(C)N2CC3CNCC3C2(C)C)cc1. The van der Waals surface area contributed by atoms with E-state index >= 15 is 0 Å². The molecule has 2 fully saturated rings. The summed E-state index contributed by atoms with van der Waals surface area (Å²) in [5.41, 5.74) is 3.19. The highest BCUT2D eigenvalue weighted by Gasteiger charge is 2.50. The second kappa shape index (κ2) is 5.40. The Morgan fingerprint density at radius 2 is 1.67 bits per heavy atom. The van der Waals surface area contributed by atoms with E-state index in [2.05, 4.69) is 69.1 Å². The van der Waals surface area contributed by atoms with Crippen LogP contribution in [0.25, 0.3) is 0 Å². The van der Waals surface area contributed by atoms with E-state index in [-0.39, 0.29) is 0 Å². The van der Waals surface area contributed by atoms with Crippen LogP contribution in [-0.2, 0) is 0 Å². The number of fused-ring (bicyclic) bond motifs is 1. The lowest BCUT2D eigenvalue weighted by Gasteiger charge is -2.40. The average molecular weight is 286 g/mol. The summed E-state index contributed by atoms with van der Waals surface area (Å²) in [4.78, 5) is 2.73. The molecule has 1 N–H and O–H groups in total. The van der Waals surface area contributed by atoms with Gasteiger partial charge in [0.1, 0.15) is 0 Å². The lowest BCUT2D eigenvalue weighted by molar-refractivity contribution is 0.0970. The third-order valence-electron chi connectivity index (χ3n) is 5.97. The van der Waals surface area contributed by atoms with Crippen LogP contribution >= 0.6 is 0 Å². The number of nitrogens with zero attached hydrogens (tertiary/aromatic N) is 1. The van der Waals surface area contributed by atoms with E-state index in [9.17, 15) is 0 Å². The molecule has 116 valence electrons. The van der Waals surface area contributed by atoms with Gasteiger partial charge in [0.05, 0.1) is 0 Å². The maximum absolute atomic E-state index is 3.57. The van der Waals surface area contributed by atoms with Gasteiger partial charge in [-0.25, -0.2) is 0 Å². The molecule has 2 aliphatic heterocycles. The summed E-state index contributed by atoms with van der Waals surface area (Å²) in [6.07, 6.45) is 0. The van der Waals surface area contributed by atoms with Gasteiger partial charge in [-0.15, -0.1) is 0 Å². The normalized spacial score (nSPS) is 29.8. The van der Waals surface area contributed by atoms with Gasteiger partial charge >= 0.3 is 0 Å². The standard InChI is InChI=1S/C19H30N2/c1-13(2)15-6-8-16(9-7-15)14(3)21-12-17-10-20-11-18(17)19(21,4)5/h6-9,13-14,17-18,20H,10-12H2,1-5H3. The molecular formula is C19H30N2. The molecule has 21 heavy (non-hydrogen) atoms. The van der Waals surface area contributed by atoms with Gasteiger partial charge in [0.25, 0.3) is 0 Å². The van der Waals surface area contributed by atoms with E-state index < -0.39 is 0 Å². The summed E-state index contributed by atoms with van der Waals surface area (Å²) >= 11 is 0. The molecule has 3 atom stereocenters. The first kappa shape index (κ1) is 15.1. The summed E-state index contributed by atoms with van der Waals surface area (Å²) in [7, 11) is 0. The predicted octanol–water partition coefficient (Wildman–Crippen LogP) is 3.80. The van der Waals surface area contributed by atoms with Crippen molar-refractivity contribution in [1.29, 1.82) is 0 Å². The summed E-state index contributed by atoms with van der Waals surface area (Å²) in [5.74, 6) is 2.25. The van der Waals surface area contributed by atoms with Crippen LogP contribution in [0.5, 0.6) is 0 Å². The van der Waals surface area contributed by atoms with Crippen molar-refractivity contribution in [2.75, 3.05) is 19.6 Å². The van der Waals surface area contributed by atoms with Crippen LogP contribution in [0.15, 0.2) is 24.3 Å². The van der Waals surface area contributed by atoms with E-state index in [0.29, 0.717) is 17.5 Å². The molecular weight excluding hydrogens is 256 g/mol. The molecule has 3 unspecified atom stereocenters. The Kier molecular flexibility index (Phi) is 3.87. The lowest BCUT2D eigenvalue weighted by atomic mass is 9.84. The van der Waals surface area contributed by atoms with Crippen molar-refractivity contribution in [2.45, 2.75) is 52.1 Å². The number of nitrogens with one attached hydrogen (secondary N) is 1. The quantitative estimate of drug-likeness (QED) is 0.909. The van der Waals surface area contributed by atoms with Gasteiger partial charge in [0.2, 0.25) is 0 Å². The number of rotatable bonds is 3. The van der Waals surface area contributed by atoms with Crippen molar-refractivity contribution in [2.24, 2.45) is 11.8 Å². The smallest absolute Gasteiger partial charge is 0.0325 e. The third kappa shape index (κ3) is 2.53. The molecule has 0 spiro atoms. The molecule has 2 saturated heterocycles. The first-order chi connectivity index (χ1) is 9.91. The highest BCUT2D eigenvalue weighted by Crippen LogP contribution is 2.44. The molecule has 1 aromatic rings. The van der Waals surface area contributed by atoms with Crippen LogP contribution < -0.4 is 5.32 Å². The molecule has 0 amide bonds. The van der Waals surface area contributed by atoms with Crippen LogP contribution in [0.3, 0.4) is 0 Å². The number of hydrogen-bond acceptors (Lipinski definition) is 2. The van der Waals surface area contributed by atoms with Crippen molar-refractivity contribution in [3.63, 3.8) is 0 Å². The van der Waals surface area contributed by atoms with E-state index in [1.54, 1.807) is 0 Å². The van der Waals surface area contributed by atoms with E-state index in [0.717, 1.165) is 11.8 Å². The maximum atomic E-state index is 3.57. The Bertz CT molecular complexity index is 489. The van der Waals surface area contributed by atoms with Crippen molar-refractivity contribution in [1.82, 2.24) is 10.2 Å². The molecule has 0 aliphatic carbocycles. The highest BCUT2D eigenvalue weighted by atomic mass is 15.3. The van der Waals surface area contributed by atoms with Crippen LogP contribution in [-0.4, -0.2) is 30.1 Å². The number of benzene rings is 1. The predicted molar refractivity (Wildman–Crippen MR) is 89.6 cm³/mol. The van der Waals surface area contributed by atoms with E-state index in [1.807, 2.05) is 0 Å². The van der Waals surface area contributed by atoms with E-state index in [4.69, 9.17) is 0 Å². The summed E-state index contributed by atoms with van der Waals surface area (Å²) in [6, 6.07) is 9.79. The minimum Gasteiger partial charge on any atom is -0.316 e. The van der Waals surface area contributed by atoms with Crippen molar-refractivity contribution in [3.8, 4) is 0 Å². The molecule has 0 bridgehead atoms. The van der Waals surface area contributed by atoms with Crippen molar-refractivity contribution < 1.29 is 0 Å². The van der Waals surface area contributed by atoms with Crippen molar-refractivity contribution in [3.05, 3.63) is 35.4 Å². The molecule has 0 aromatic heterocycles. The zero-order chi connectivity index (χ0) is 15.2. The minimum atomic E-state index is 0.296. The van der Waals surface area contributed by atoms with Gasteiger partial charge in [-0.3, -0.25) is 4.90 Å². The molecule has 2 nitrogen and oxygen atoms in total. The van der Waals surface area contributed by atoms with Gasteiger partial charge in [-0.05, 0) is 56.2 Å². The monoisotopic (exact) mass is 286 g/mol. The molecule has 1 aromatic carbocycles. The number of likely N-dealkylation sites (tertiary alicyclic amines) is 1. The summed E-state index contributed by atoms with van der Waals surface area (Å²) < 4.78 is 0. The Labute approximate surface area is 129 Å². The topological polar surface area (TPSA) is 15.3 Å². The molecule has 0 saturated carbocycles. The first-order valence-electron chi connectivity index (χ1n) is 8.48. The second-order valence-corrected chi connectivity index (χ2v) is 7.83. The molecule has 2 aliphatic rings. The lowest BCUT2D eigenvalue weighted by Crippen LogP contribution is -2.45. The Hall–Kier alpha value is -0.860. The van der Waals surface area contributed by atoms with Crippen LogP contribution in [0.2, 0.25) is 0 Å². The fourth-order valence-electron chi connectivity index (χ4n) is 4.45. The Morgan fingerprint density at radius 3 is 2.24 bits per heavy atom. The van der Waals surface area contributed by atoms with Gasteiger partial charge in [0.15, 0.2) is 0 Å². The number of hydrogen-bond donors (Lipinski definition) is 1. The molecule has 0 radical (unpaired) electrons. The maximum Gasteiger partial charge on any atom is 0.0325 e. The highest BCUT2D eigenvalue weighted by molar-refractivity contribution is 5.27. The van der Waals surface area contributed by atoms with E-state index in [1.165, 1.54) is 30.8 Å². The van der Waals surface area contributed by atoms with Crippen LogP contribution in [0, 0.1) is 11.8 Å². The Morgan fingerprint density at radius 1 is 1.05 bits per heavy atom. The summed E-state index contributed by atoms with van der Waals surface area (Å²) in [6.45, 7) is 15.4. The fraction of sp³-hybridized carbons (Fsp3) is 0.684. The van der Waals surface area contributed by atoms with Gasteiger partial charge in [-0.2, -0.15) is 0 Å². The minimum absolute atomic E-state index is 0.296. The fourth-order valence-corrected chi connectivity index (χ4v) is 4.45. The van der Waals surface area contributed by atoms with Crippen LogP contribution in [0.4, 0.5) is 0 Å². The Balaban J connectivity index is 1.80. The second-order valence-electron chi connectivity index (χ2n) is 7.83. The molecule has 3 rings (SSSR count). The molecule has 2 heterocycles. The largest absolute Gasteiger partial charge is 0.316 e.